The van der Waals surface area contributed by atoms with E-state index in [1.807, 2.05) is 24.1 Å². The second-order valence-corrected chi connectivity index (χ2v) is 4.45. The van der Waals surface area contributed by atoms with E-state index in [0.717, 1.165) is 11.2 Å². The molecule has 18 heavy (non-hydrogen) atoms. The monoisotopic (exact) mass is 248 g/mol. The Morgan fingerprint density at radius 1 is 1.44 bits per heavy atom. The maximum Gasteiger partial charge on any atom is 0.419 e. The highest BCUT2D eigenvalue weighted by atomic mass is 16.4. The van der Waals surface area contributed by atoms with Crippen molar-refractivity contribution in [3.8, 4) is 0 Å². The third kappa shape index (κ3) is 2.30. The van der Waals surface area contributed by atoms with Gasteiger partial charge in [-0.2, -0.15) is 0 Å². The molecule has 1 aromatic heterocycles. The van der Waals surface area contributed by atoms with Gasteiger partial charge in [0.2, 0.25) is 0 Å². The van der Waals surface area contributed by atoms with E-state index in [4.69, 9.17) is 4.42 Å². The summed E-state index contributed by atoms with van der Waals surface area (Å²) in [6.45, 7) is 2.24. The van der Waals surface area contributed by atoms with E-state index in [1.165, 1.54) is 4.57 Å². The number of hydrogen-bond donors (Lipinski definition) is 0. The van der Waals surface area contributed by atoms with E-state index in [1.54, 1.807) is 20.0 Å². The van der Waals surface area contributed by atoms with Crippen LogP contribution in [0.15, 0.2) is 27.4 Å². The molecule has 0 atom stereocenters. The number of aryl methyl sites for hydroxylation is 1. The van der Waals surface area contributed by atoms with Crippen LogP contribution in [0.25, 0.3) is 11.1 Å². The van der Waals surface area contributed by atoms with Gasteiger partial charge in [0.1, 0.15) is 5.78 Å². The Hall–Kier alpha value is -2.04. The maximum absolute atomic E-state index is 11.4. The number of hydrogen-bond acceptors (Lipinski definition) is 4. The number of carbonyl (C=O) groups excluding carboxylic acids is 1. The zero-order valence-corrected chi connectivity index (χ0v) is 10.8. The number of carbonyl (C=O) groups is 1. The van der Waals surface area contributed by atoms with Crippen LogP contribution in [0.5, 0.6) is 0 Å². The lowest BCUT2D eigenvalue weighted by molar-refractivity contribution is -0.116. The molecule has 5 nitrogen and oxygen atoms in total. The fourth-order valence-electron chi connectivity index (χ4n) is 1.81. The molecule has 0 aliphatic carbocycles. The van der Waals surface area contributed by atoms with Gasteiger partial charge in [0.05, 0.1) is 5.52 Å². The first kappa shape index (κ1) is 12.4. The number of aromatic nitrogens is 1. The number of nitrogens with zero attached hydrogens (tertiary/aromatic N) is 2. The Morgan fingerprint density at radius 2 is 2.17 bits per heavy atom. The maximum atomic E-state index is 11.4. The molecule has 0 unspecified atom stereocenters. The molecule has 0 aliphatic heterocycles. The second-order valence-electron chi connectivity index (χ2n) is 4.45. The molecule has 0 saturated carbocycles. The highest BCUT2D eigenvalue weighted by molar-refractivity contribution is 5.79. The van der Waals surface area contributed by atoms with Crippen molar-refractivity contribution in [1.29, 1.82) is 0 Å². The zero-order chi connectivity index (χ0) is 13.3. The molecule has 5 heteroatoms. The summed E-state index contributed by atoms with van der Waals surface area (Å²) in [5, 5.41) is 0. The van der Waals surface area contributed by atoms with Gasteiger partial charge in [0.25, 0.3) is 0 Å². The Morgan fingerprint density at radius 3 is 2.83 bits per heavy atom. The molecule has 0 fully saturated rings. The van der Waals surface area contributed by atoms with Gasteiger partial charge < -0.3 is 9.32 Å². The van der Waals surface area contributed by atoms with Crippen molar-refractivity contribution in [2.45, 2.75) is 13.3 Å². The molecule has 0 bridgehead atoms. The van der Waals surface area contributed by atoms with E-state index in [0.29, 0.717) is 18.5 Å². The lowest BCUT2D eigenvalue weighted by atomic mass is 10.2. The van der Waals surface area contributed by atoms with Crippen LogP contribution in [0.1, 0.15) is 13.3 Å². The topological polar surface area (TPSA) is 55.5 Å². The van der Waals surface area contributed by atoms with Crippen LogP contribution in [0.3, 0.4) is 0 Å². The van der Waals surface area contributed by atoms with E-state index in [9.17, 15) is 9.59 Å². The molecule has 96 valence electrons. The Kier molecular flexibility index (Phi) is 3.23. The van der Waals surface area contributed by atoms with Crippen molar-refractivity contribution in [3.63, 3.8) is 0 Å². The quantitative estimate of drug-likeness (QED) is 0.823. The third-order valence-corrected chi connectivity index (χ3v) is 3.02. The molecule has 2 aromatic rings. The normalized spacial score (nSPS) is 10.8. The minimum absolute atomic E-state index is 0.165. The first-order valence-electron chi connectivity index (χ1n) is 5.79. The van der Waals surface area contributed by atoms with Gasteiger partial charge in [-0.15, -0.1) is 0 Å². The SMILES string of the molecule is CC(=O)CCN(C)c1ccc2oc(=O)n(C)c2c1. The molecule has 1 aromatic carbocycles. The average Bonchev–Trinajstić information content (AvgIpc) is 2.62. The van der Waals surface area contributed by atoms with Gasteiger partial charge >= 0.3 is 5.76 Å². The van der Waals surface area contributed by atoms with Crippen LogP contribution in [0.2, 0.25) is 0 Å². The fourth-order valence-corrected chi connectivity index (χ4v) is 1.81. The summed E-state index contributed by atoms with van der Waals surface area (Å²) in [6.07, 6.45) is 0.513. The van der Waals surface area contributed by atoms with E-state index < -0.39 is 0 Å². The molecule has 0 N–H and O–H groups in total. The van der Waals surface area contributed by atoms with Gasteiger partial charge in [0, 0.05) is 32.7 Å². The number of Topliss-reactive ketones (excluding diaryl/α,β-unsaturated/α-hetero) is 1. The predicted octanol–water partition coefficient (Wildman–Crippen LogP) is 1.55. The predicted molar refractivity (Wildman–Crippen MR) is 70.0 cm³/mol. The minimum atomic E-state index is -0.367. The fraction of sp³-hybridized carbons (Fsp3) is 0.385. The van der Waals surface area contributed by atoms with Crippen LogP contribution in [-0.4, -0.2) is 23.9 Å². The molecule has 0 amide bonds. The van der Waals surface area contributed by atoms with Gasteiger partial charge in [-0.3, -0.25) is 9.36 Å². The highest BCUT2D eigenvalue weighted by Gasteiger charge is 2.09. The van der Waals surface area contributed by atoms with Crippen molar-refractivity contribution in [2.75, 3.05) is 18.5 Å². The second kappa shape index (κ2) is 4.68. The van der Waals surface area contributed by atoms with Crippen LogP contribution < -0.4 is 10.7 Å². The number of anilines is 1. The largest absolute Gasteiger partial charge is 0.419 e. The van der Waals surface area contributed by atoms with Gasteiger partial charge in [-0.25, -0.2) is 4.79 Å². The van der Waals surface area contributed by atoms with Crippen LogP contribution >= 0.6 is 0 Å². The summed E-state index contributed by atoms with van der Waals surface area (Å²) in [6, 6.07) is 5.54. The zero-order valence-electron chi connectivity index (χ0n) is 10.8. The number of benzene rings is 1. The summed E-state index contributed by atoms with van der Waals surface area (Å²) in [5.74, 6) is -0.202. The summed E-state index contributed by atoms with van der Waals surface area (Å²) in [4.78, 5) is 24.3. The van der Waals surface area contributed by atoms with Gasteiger partial charge in [-0.1, -0.05) is 0 Å². The summed E-state index contributed by atoms with van der Waals surface area (Å²) >= 11 is 0. The summed E-state index contributed by atoms with van der Waals surface area (Å²) < 4.78 is 6.54. The first-order chi connectivity index (χ1) is 8.49. The number of oxazole rings is 1. The first-order valence-corrected chi connectivity index (χ1v) is 5.79. The molecular weight excluding hydrogens is 232 g/mol. The van der Waals surface area contributed by atoms with Crippen molar-refractivity contribution in [1.82, 2.24) is 4.57 Å². The minimum Gasteiger partial charge on any atom is -0.408 e. The van der Waals surface area contributed by atoms with Gasteiger partial charge in [-0.05, 0) is 25.1 Å². The molecule has 0 spiro atoms. The Labute approximate surface area is 105 Å². The molecule has 0 aliphatic rings. The standard InChI is InChI=1S/C13H16N2O3/c1-9(16)6-7-14(2)10-4-5-12-11(8-10)15(3)13(17)18-12/h4-5,8H,6-7H2,1-3H3. The van der Waals surface area contributed by atoms with E-state index >= 15 is 0 Å². The molecule has 0 saturated heterocycles. The number of fused-ring (bicyclic) bond motifs is 1. The van der Waals surface area contributed by atoms with Crippen LogP contribution in [0, 0.1) is 0 Å². The lowest BCUT2D eigenvalue weighted by Crippen LogP contribution is -2.20. The van der Waals surface area contributed by atoms with Crippen molar-refractivity contribution >= 4 is 22.6 Å². The summed E-state index contributed by atoms with van der Waals surface area (Å²) in [7, 11) is 3.59. The van der Waals surface area contributed by atoms with Crippen molar-refractivity contribution in [2.24, 2.45) is 7.05 Å². The molecular formula is C13H16N2O3. The third-order valence-electron chi connectivity index (χ3n) is 3.02. The van der Waals surface area contributed by atoms with Gasteiger partial charge in [0.15, 0.2) is 5.58 Å². The highest BCUT2D eigenvalue weighted by Crippen LogP contribution is 2.20. The lowest BCUT2D eigenvalue weighted by Gasteiger charge is -2.18. The number of rotatable bonds is 4. The smallest absolute Gasteiger partial charge is 0.408 e. The van der Waals surface area contributed by atoms with Crippen LogP contribution in [-0.2, 0) is 11.8 Å². The Bertz CT molecular complexity index is 639. The van der Waals surface area contributed by atoms with Crippen molar-refractivity contribution < 1.29 is 9.21 Å². The van der Waals surface area contributed by atoms with Crippen molar-refractivity contribution in [3.05, 3.63) is 28.7 Å². The van der Waals surface area contributed by atoms with E-state index in [-0.39, 0.29) is 11.5 Å². The average molecular weight is 248 g/mol. The molecule has 0 radical (unpaired) electrons. The molecule has 2 rings (SSSR count). The number of ketones is 1. The van der Waals surface area contributed by atoms with Crippen LogP contribution in [0.4, 0.5) is 5.69 Å². The molecule has 1 heterocycles. The van der Waals surface area contributed by atoms with E-state index in [2.05, 4.69) is 0 Å². The summed E-state index contributed by atoms with van der Waals surface area (Å²) in [5.41, 5.74) is 2.29. The Balaban J connectivity index is 2.31.